The first-order valence-electron chi connectivity index (χ1n) is 7.00. The minimum Gasteiger partial charge on any atom is -0.375 e. The minimum absolute atomic E-state index is 0.190. The summed E-state index contributed by atoms with van der Waals surface area (Å²) in [5, 5.41) is 0.781. The van der Waals surface area contributed by atoms with E-state index in [-0.39, 0.29) is 12.1 Å². The first-order valence-corrected chi connectivity index (χ1v) is 7.38. The lowest BCUT2D eigenvalue weighted by Gasteiger charge is -2.34. The van der Waals surface area contributed by atoms with Crippen molar-refractivity contribution in [3.8, 4) is 0 Å². The largest absolute Gasteiger partial charge is 0.375 e. The van der Waals surface area contributed by atoms with Gasteiger partial charge in [-0.05, 0) is 43.5 Å². The zero-order valence-corrected chi connectivity index (χ0v) is 12.5. The summed E-state index contributed by atoms with van der Waals surface area (Å²) in [6.45, 7) is 6.87. The van der Waals surface area contributed by atoms with E-state index in [4.69, 9.17) is 22.1 Å². The van der Waals surface area contributed by atoms with Crippen LogP contribution >= 0.6 is 11.6 Å². The summed E-state index contributed by atoms with van der Waals surface area (Å²) >= 11 is 6.13. The Morgan fingerprint density at radius 3 is 3.00 bits per heavy atom. The van der Waals surface area contributed by atoms with Crippen LogP contribution in [0.25, 0.3) is 0 Å². The Labute approximate surface area is 120 Å². The Morgan fingerprint density at radius 1 is 1.53 bits per heavy atom. The van der Waals surface area contributed by atoms with Gasteiger partial charge in [-0.25, -0.2) is 0 Å². The molecule has 1 aromatic rings. The van der Waals surface area contributed by atoms with Crippen LogP contribution in [-0.2, 0) is 11.2 Å². The standard InChI is InChI=1S/C15H23ClN2O/c1-3-14(17)9-12-8-13(16)4-5-15(12)18-6-7-19-11(2)10-18/h4-5,8,11,14H,3,6-7,9-10,17H2,1-2H3. The molecule has 1 saturated heterocycles. The molecular weight excluding hydrogens is 260 g/mol. The number of morpholine rings is 1. The smallest absolute Gasteiger partial charge is 0.0722 e. The third-order valence-electron chi connectivity index (χ3n) is 3.63. The van der Waals surface area contributed by atoms with Gasteiger partial charge in [0.2, 0.25) is 0 Å². The molecule has 1 heterocycles. The van der Waals surface area contributed by atoms with E-state index in [1.807, 2.05) is 12.1 Å². The molecule has 19 heavy (non-hydrogen) atoms. The maximum absolute atomic E-state index is 6.13. The molecule has 1 aliphatic heterocycles. The Hall–Kier alpha value is -0.770. The highest BCUT2D eigenvalue weighted by molar-refractivity contribution is 6.30. The van der Waals surface area contributed by atoms with Crippen LogP contribution in [0.2, 0.25) is 5.02 Å². The summed E-state index contributed by atoms with van der Waals surface area (Å²) in [5.74, 6) is 0. The van der Waals surface area contributed by atoms with Crippen molar-refractivity contribution in [2.45, 2.75) is 38.8 Å². The molecule has 0 bridgehead atoms. The van der Waals surface area contributed by atoms with Crippen molar-refractivity contribution in [2.24, 2.45) is 5.73 Å². The molecule has 1 aliphatic rings. The molecule has 2 rings (SSSR count). The van der Waals surface area contributed by atoms with Crippen molar-refractivity contribution in [1.82, 2.24) is 0 Å². The number of hydrogen-bond donors (Lipinski definition) is 1. The molecule has 2 unspecified atom stereocenters. The third kappa shape index (κ3) is 3.85. The van der Waals surface area contributed by atoms with Crippen LogP contribution in [0.3, 0.4) is 0 Å². The maximum atomic E-state index is 6.13. The number of ether oxygens (including phenoxy) is 1. The second kappa shape index (κ2) is 6.60. The molecule has 106 valence electrons. The van der Waals surface area contributed by atoms with Crippen molar-refractivity contribution >= 4 is 17.3 Å². The van der Waals surface area contributed by atoms with Gasteiger partial charge < -0.3 is 15.4 Å². The second-order valence-corrected chi connectivity index (χ2v) is 5.71. The highest BCUT2D eigenvalue weighted by Crippen LogP contribution is 2.27. The summed E-state index contributed by atoms with van der Waals surface area (Å²) in [6, 6.07) is 6.30. The molecule has 4 heteroatoms. The average Bonchev–Trinajstić information content (AvgIpc) is 2.38. The molecule has 1 aromatic carbocycles. The van der Waals surface area contributed by atoms with Crippen LogP contribution in [-0.4, -0.2) is 31.8 Å². The molecule has 3 nitrogen and oxygen atoms in total. The zero-order chi connectivity index (χ0) is 13.8. The molecular formula is C15H23ClN2O. The summed E-state index contributed by atoms with van der Waals surface area (Å²) in [4.78, 5) is 2.38. The first kappa shape index (κ1) is 14.6. The summed E-state index contributed by atoms with van der Waals surface area (Å²) in [7, 11) is 0. The van der Waals surface area contributed by atoms with E-state index in [2.05, 4.69) is 24.8 Å². The fourth-order valence-corrected chi connectivity index (χ4v) is 2.68. The van der Waals surface area contributed by atoms with Crippen LogP contribution in [0.4, 0.5) is 5.69 Å². The average molecular weight is 283 g/mol. The first-order chi connectivity index (χ1) is 9.10. The van der Waals surface area contributed by atoms with E-state index in [0.29, 0.717) is 0 Å². The van der Waals surface area contributed by atoms with Crippen molar-refractivity contribution < 1.29 is 4.74 Å². The Morgan fingerprint density at radius 2 is 2.32 bits per heavy atom. The van der Waals surface area contributed by atoms with Gasteiger partial charge in [0.15, 0.2) is 0 Å². The fraction of sp³-hybridized carbons (Fsp3) is 0.600. The lowest BCUT2D eigenvalue weighted by Crippen LogP contribution is -2.41. The second-order valence-electron chi connectivity index (χ2n) is 5.27. The molecule has 2 N–H and O–H groups in total. The lowest BCUT2D eigenvalue weighted by molar-refractivity contribution is 0.0532. The van der Waals surface area contributed by atoms with E-state index >= 15 is 0 Å². The molecule has 1 fully saturated rings. The Kier molecular flexibility index (Phi) is 5.08. The predicted molar refractivity (Wildman–Crippen MR) is 81.0 cm³/mol. The molecule has 0 saturated carbocycles. The number of halogens is 1. The number of anilines is 1. The molecule has 0 amide bonds. The van der Waals surface area contributed by atoms with Crippen molar-refractivity contribution in [3.05, 3.63) is 28.8 Å². The third-order valence-corrected chi connectivity index (χ3v) is 3.86. The van der Waals surface area contributed by atoms with Crippen LogP contribution in [0.1, 0.15) is 25.8 Å². The molecule has 0 aromatic heterocycles. The minimum atomic E-state index is 0.190. The summed E-state index contributed by atoms with van der Waals surface area (Å²) in [5.41, 5.74) is 8.59. The summed E-state index contributed by atoms with van der Waals surface area (Å²) < 4.78 is 5.60. The van der Waals surface area contributed by atoms with Gasteiger partial charge >= 0.3 is 0 Å². The fourth-order valence-electron chi connectivity index (χ4n) is 2.49. The van der Waals surface area contributed by atoms with Gasteiger partial charge in [-0.3, -0.25) is 0 Å². The normalized spacial score (nSPS) is 21.5. The number of hydrogen-bond acceptors (Lipinski definition) is 3. The van der Waals surface area contributed by atoms with Gasteiger partial charge in [0, 0.05) is 29.8 Å². The quantitative estimate of drug-likeness (QED) is 0.923. The van der Waals surface area contributed by atoms with Gasteiger partial charge in [-0.2, -0.15) is 0 Å². The molecule has 0 radical (unpaired) electrons. The molecule has 2 atom stereocenters. The number of nitrogens with zero attached hydrogens (tertiary/aromatic N) is 1. The van der Waals surface area contributed by atoms with Crippen LogP contribution < -0.4 is 10.6 Å². The van der Waals surface area contributed by atoms with Crippen molar-refractivity contribution in [2.75, 3.05) is 24.6 Å². The lowest BCUT2D eigenvalue weighted by atomic mass is 10.0. The van der Waals surface area contributed by atoms with Gasteiger partial charge in [0.05, 0.1) is 12.7 Å². The monoisotopic (exact) mass is 282 g/mol. The van der Waals surface area contributed by atoms with Gasteiger partial charge in [-0.15, -0.1) is 0 Å². The van der Waals surface area contributed by atoms with Crippen molar-refractivity contribution in [3.63, 3.8) is 0 Å². The van der Waals surface area contributed by atoms with E-state index in [0.717, 1.165) is 37.6 Å². The van der Waals surface area contributed by atoms with Crippen LogP contribution in [0.15, 0.2) is 18.2 Å². The Balaban J connectivity index is 2.22. The molecule has 0 aliphatic carbocycles. The van der Waals surface area contributed by atoms with E-state index in [1.54, 1.807) is 0 Å². The maximum Gasteiger partial charge on any atom is 0.0722 e. The van der Waals surface area contributed by atoms with Gasteiger partial charge in [0.25, 0.3) is 0 Å². The van der Waals surface area contributed by atoms with Crippen LogP contribution in [0, 0.1) is 0 Å². The predicted octanol–water partition coefficient (Wildman–Crippen LogP) is 2.84. The topological polar surface area (TPSA) is 38.5 Å². The SMILES string of the molecule is CCC(N)Cc1cc(Cl)ccc1N1CCOC(C)C1. The highest BCUT2D eigenvalue weighted by Gasteiger charge is 2.20. The number of rotatable bonds is 4. The summed E-state index contributed by atoms with van der Waals surface area (Å²) in [6.07, 6.45) is 2.13. The van der Waals surface area contributed by atoms with Crippen molar-refractivity contribution in [1.29, 1.82) is 0 Å². The number of benzene rings is 1. The van der Waals surface area contributed by atoms with E-state index in [9.17, 15) is 0 Å². The molecule has 0 spiro atoms. The highest BCUT2D eigenvalue weighted by atomic mass is 35.5. The van der Waals surface area contributed by atoms with Gasteiger partial charge in [-0.1, -0.05) is 18.5 Å². The van der Waals surface area contributed by atoms with Gasteiger partial charge in [0.1, 0.15) is 0 Å². The number of nitrogens with two attached hydrogens (primary N) is 1. The zero-order valence-electron chi connectivity index (χ0n) is 11.7. The Bertz CT molecular complexity index is 425. The van der Waals surface area contributed by atoms with Crippen LogP contribution in [0.5, 0.6) is 0 Å². The van der Waals surface area contributed by atoms with E-state index < -0.39 is 0 Å². The van der Waals surface area contributed by atoms with E-state index in [1.165, 1.54) is 11.3 Å².